The van der Waals surface area contributed by atoms with E-state index in [0.717, 1.165) is 31.3 Å². The highest BCUT2D eigenvalue weighted by Gasteiger charge is 2.20. The highest BCUT2D eigenvalue weighted by atomic mass is 16.6. The predicted octanol–water partition coefficient (Wildman–Crippen LogP) is 4.59. The van der Waals surface area contributed by atoms with E-state index >= 15 is 0 Å². The number of allylic oxidation sites excluding steroid dienone is 3. The van der Waals surface area contributed by atoms with Crippen LogP contribution in [0.1, 0.15) is 67.2 Å². The molecule has 132 valence electrons. The molecule has 0 heterocycles. The van der Waals surface area contributed by atoms with Gasteiger partial charge in [-0.25, -0.2) is 4.79 Å². The first-order valence-electron chi connectivity index (χ1n) is 8.37. The van der Waals surface area contributed by atoms with Gasteiger partial charge in [0.1, 0.15) is 5.60 Å². The molecule has 4 heteroatoms. The number of rotatable bonds is 10. The van der Waals surface area contributed by atoms with Crippen LogP contribution in [0, 0.1) is 5.92 Å². The fourth-order valence-corrected chi connectivity index (χ4v) is 2.34. The van der Waals surface area contributed by atoms with Crippen molar-refractivity contribution in [1.82, 2.24) is 0 Å². The SMILES string of the molecule is CCOC(=O)C=C(C)/C=C/CC(C)CCCC(C)(C)OC(C)=O. The van der Waals surface area contributed by atoms with Gasteiger partial charge in [-0.05, 0) is 58.4 Å². The van der Waals surface area contributed by atoms with E-state index in [2.05, 4.69) is 13.0 Å². The predicted molar refractivity (Wildman–Crippen MR) is 93.0 cm³/mol. The van der Waals surface area contributed by atoms with Gasteiger partial charge < -0.3 is 9.47 Å². The molecule has 0 saturated carbocycles. The van der Waals surface area contributed by atoms with Crippen molar-refractivity contribution in [3.05, 3.63) is 23.8 Å². The van der Waals surface area contributed by atoms with Gasteiger partial charge >= 0.3 is 11.9 Å². The molecular formula is C19H32O4. The van der Waals surface area contributed by atoms with Gasteiger partial charge in [0, 0.05) is 13.0 Å². The first-order valence-corrected chi connectivity index (χ1v) is 8.37. The van der Waals surface area contributed by atoms with E-state index in [1.807, 2.05) is 26.8 Å². The minimum Gasteiger partial charge on any atom is -0.463 e. The quantitative estimate of drug-likeness (QED) is 0.335. The smallest absolute Gasteiger partial charge is 0.330 e. The molecule has 0 spiro atoms. The first-order chi connectivity index (χ1) is 10.7. The van der Waals surface area contributed by atoms with Crippen molar-refractivity contribution in [1.29, 1.82) is 0 Å². The molecular weight excluding hydrogens is 292 g/mol. The summed E-state index contributed by atoms with van der Waals surface area (Å²) in [6, 6.07) is 0. The van der Waals surface area contributed by atoms with E-state index in [4.69, 9.17) is 9.47 Å². The molecule has 23 heavy (non-hydrogen) atoms. The lowest BCUT2D eigenvalue weighted by Gasteiger charge is -2.24. The number of hydrogen-bond acceptors (Lipinski definition) is 4. The Morgan fingerprint density at radius 2 is 1.87 bits per heavy atom. The standard InChI is InChI=1S/C19H32O4/c1-7-22-18(21)14-16(3)11-8-10-15(2)12-9-13-19(5,6)23-17(4)20/h8,11,14-15H,7,9-10,12-13H2,1-6H3/b11-8+,16-14?. The molecule has 0 aliphatic carbocycles. The van der Waals surface area contributed by atoms with E-state index in [1.54, 1.807) is 6.92 Å². The molecule has 0 aliphatic heterocycles. The molecule has 0 aromatic heterocycles. The van der Waals surface area contributed by atoms with Gasteiger partial charge in [-0.3, -0.25) is 4.79 Å². The summed E-state index contributed by atoms with van der Waals surface area (Å²) in [6.07, 6.45) is 9.47. The van der Waals surface area contributed by atoms with Crippen LogP contribution in [0.25, 0.3) is 0 Å². The third kappa shape index (κ3) is 12.6. The van der Waals surface area contributed by atoms with E-state index in [0.29, 0.717) is 12.5 Å². The van der Waals surface area contributed by atoms with Crippen LogP contribution < -0.4 is 0 Å². The summed E-state index contributed by atoms with van der Waals surface area (Å²) in [5, 5.41) is 0. The summed E-state index contributed by atoms with van der Waals surface area (Å²) in [4.78, 5) is 22.3. The highest BCUT2D eigenvalue weighted by Crippen LogP contribution is 2.21. The zero-order chi connectivity index (χ0) is 17.9. The summed E-state index contributed by atoms with van der Waals surface area (Å²) in [6.45, 7) is 11.6. The lowest BCUT2D eigenvalue weighted by molar-refractivity contribution is -0.154. The number of ether oxygens (including phenoxy) is 2. The van der Waals surface area contributed by atoms with Crippen LogP contribution in [0.5, 0.6) is 0 Å². The largest absolute Gasteiger partial charge is 0.463 e. The molecule has 0 aliphatic rings. The molecule has 0 N–H and O–H groups in total. The summed E-state index contributed by atoms with van der Waals surface area (Å²) in [5.74, 6) is 0.0278. The van der Waals surface area contributed by atoms with Crippen molar-refractivity contribution in [3.63, 3.8) is 0 Å². The van der Waals surface area contributed by atoms with E-state index < -0.39 is 0 Å². The van der Waals surface area contributed by atoms with Gasteiger partial charge in [-0.1, -0.05) is 25.5 Å². The zero-order valence-electron chi connectivity index (χ0n) is 15.5. The molecule has 1 unspecified atom stereocenters. The summed E-state index contributed by atoms with van der Waals surface area (Å²) >= 11 is 0. The number of hydrogen-bond donors (Lipinski definition) is 0. The second-order valence-electron chi connectivity index (χ2n) is 6.63. The maximum absolute atomic E-state index is 11.3. The Balaban J connectivity index is 4.07. The van der Waals surface area contributed by atoms with Gasteiger partial charge in [0.05, 0.1) is 6.61 Å². The zero-order valence-corrected chi connectivity index (χ0v) is 15.5. The summed E-state index contributed by atoms with van der Waals surface area (Å²) < 4.78 is 10.2. The number of esters is 2. The average Bonchev–Trinajstić information content (AvgIpc) is 2.36. The Morgan fingerprint density at radius 1 is 1.22 bits per heavy atom. The van der Waals surface area contributed by atoms with Crippen LogP contribution in [0.15, 0.2) is 23.8 Å². The Morgan fingerprint density at radius 3 is 2.43 bits per heavy atom. The monoisotopic (exact) mass is 324 g/mol. The minimum absolute atomic E-state index is 0.227. The molecule has 4 nitrogen and oxygen atoms in total. The summed E-state index contributed by atoms with van der Waals surface area (Å²) in [5.41, 5.74) is 0.507. The highest BCUT2D eigenvalue weighted by molar-refractivity contribution is 5.83. The Hall–Kier alpha value is -1.58. The van der Waals surface area contributed by atoms with Crippen molar-refractivity contribution in [2.75, 3.05) is 6.61 Å². The molecule has 0 amide bonds. The van der Waals surface area contributed by atoms with Crippen LogP contribution in [0.4, 0.5) is 0 Å². The molecule has 0 aromatic rings. The topological polar surface area (TPSA) is 52.6 Å². The van der Waals surface area contributed by atoms with Gasteiger partial charge in [-0.15, -0.1) is 0 Å². The van der Waals surface area contributed by atoms with E-state index in [1.165, 1.54) is 13.0 Å². The van der Waals surface area contributed by atoms with Gasteiger partial charge in [0.2, 0.25) is 0 Å². The van der Waals surface area contributed by atoms with Gasteiger partial charge in [0.25, 0.3) is 0 Å². The lowest BCUT2D eigenvalue weighted by Crippen LogP contribution is -2.26. The molecule has 0 radical (unpaired) electrons. The maximum Gasteiger partial charge on any atom is 0.330 e. The van der Waals surface area contributed by atoms with Crippen LogP contribution >= 0.6 is 0 Å². The number of carbonyl (C=O) groups excluding carboxylic acids is 2. The molecule has 0 fully saturated rings. The fourth-order valence-electron chi connectivity index (χ4n) is 2.34. The first kappa shape index (κ1) is 21.4. The van der Waals surface area contributed by atoms with Gasteiger partial charge in [0.15, 0.2) is 0 Å². The third-order valence-corrected chi connectivity index (χ3v) is 3.45. The third-order valence-electron chi connectivity index (χ3n) is 3.45. The molecule has 0 aromatic carbocycles. The van der Waals surface area contributed by atoms with Gasteiger partial charge in [-0.2, -0.15) is 0 Å². The maximum atomic E-state index is 11.3. The Kier molecular flexibility index (Phi) is 10.3. The summed E-state index contributed by atoms with van der Waals surface area (Å²) in [7, 11) is 0. The van der Waals surface area contributed by atoms with Crippen LogP contribution in [-0.2, 0) is 19.1 Å². The molecule has 0 rings (SSSR count). The normalized spacial score (nSPS) is 13.9. The van der Waals surface area contributed by atoms with E-state index in [9.17, 15) is 9.59 Å². The molecule has 0 saturated heterocycles. The lowest BCUT2D eigenvalue weighted by atomic mass is 9.94. The molecule has 1 atom stereocenters. The Labute approximate surface area is 140 Å². The second kappa shape index (κ2) is 11.0. The van der Waals surface area contributed by atoms with E-state index in [-0.39, 0.29) is 17.5 Å². The van der Waals surface area contributed by atoms with Crippen LogP contribution in [0.2, 0.25) is 0 Å². The molecule has 0 bridgehead atoms. The average molecular weight is 324 g/mol. The van der Waals surface area contributed by atoms with Crippen molar-refractivity contribution >= 4 is 11.9 Å². The minimum atomic E-state index is -0.389. The number of carbonyl (C=O) groups is 2. The van der Waals surface area contributed by atoms with Crippen LogP contribution in [0.3, 0.4) is 0 Å². The van der Waals surface area contributed by atoms with Crippen LogP contribution in [-0.4, -0.2) is 24.1 Å². The van der Waals surface area contributed by atoms with Crippen molar-refractivity contribution in [2.45, 2.75) is 72.8 Å². The second-order valence-corrected chi connectivity index (χ2v) is 6.63. The Bertz CT molecular complexity index is 433. The fraction of sp³-hybridized carbons (Fsp3) is 0.684. The van der Waals surface area contributed by atoms with Crippen molar-refractivity contribution in [2.24, 2.45) is 5.92 Å². The van der Waals surface area contributed by atoms with Crippen molar-refractivity contribution in [3.8, 4) is 0 Å². The van der Waals surface area contributed by atoms with Crippen molar-refractivity contribution < 1.29 is 19.1 Å².